The van der Waals surface area contributed by atoms with E-state index in [-0.39, 0.29) is 11.1 Å². The standard InChI is InChI=1S/C77H114N12/c78-76(40-17-18-41-76)74-82-67-26-12-15-29-71(67)88(74)64-38-49-86(50-39-64)55-61-23-7-4-8-24-65(61)58-31-42-77(79,43-32-58)75-83-68-27-13-16-30-72(68)89(75)63-36-47-85(48-37-63)54-57-21-9-10-22-59(51-57)69-52-60(33-44-80-69)73-81-66-25-11-14-28-70(66)87(73)62-34-45-84(46-35-62)53-56-19-5-2-1-3-6-20-56/h11-16,25-30,56-65,69,80H,1-10,17-24,31-55,78-79H2. The van der Waals surface area contributed by atoms with Crippen LogP contribution in [0.5, 0.6) is 0 Å². The summed E-state index contributed by atoms with van der Waals surface area (Å²) >= 11 is 0. The molecule has 6 aromatic rings. The highest BCUT2D eigenvalue weighted by Gasteiger charge is 2.45. The SMILES string of the molecule is NC1(c2nc3ccccc3n2C2CCN(CC3CCCCCC3C3CCC(N)(c4nc5ccccc5n4C4CCN(CC5CCCCC(C6CC(c7nc8ccccc8n7C7CCN(CC8CCCCCCC8)CC7)CCN6)C5)CC4)CC3)CC2)CCCC1. The Kier molecular flexibility index (Phi) is 18.8. The van der Waals surface area contributed by atoms with Crippen molar-refractivity contribution in [3.05, 3.63) is 90.3 Å². The zero-order chi connectivity index (χ0) is 59.7. The number of fused-ring (bicyclic) bond motifs is 3. The van der Waals surface area contributed by atoms with Gasteiger partial charge in [0.25, 0.3) is 0 Å². The highest BCUT2D eigenvalue weighted by atomic mass is 15.2. The van der Waals surface area contributed by atoms with Gasteiger partial charge in [0.15, 0.2) is 0 Å². The first-order valence-corrected chi connectivity index (χ1v) is 37.7. The number of rotatable bonds is 14. The summed E-state index contributed by atoms with van der Waals surface area (Å²) in [6.45, 7) is 12.2. The van der Waals surface area contributed by atoms with E-state index < -0.39 is 0 Å². The summed E-state index contributed by atoms with van der Waals surface area (Å²) in [5, 5.41) is 4.17. The predicted octanol–water partition coefficient (Wildman–Crippen LogP) is 15.7. The molecule has 5 aliphatic carbocycles. The predicted molar refractivity (Wildman–Crippen MR) is 365 cm³/mol. The molecule has 3 aromatic carbocycles. The lowest BCUT2D eigenvalue weighted by Crippen LogP contribution is -2.46. The van der Waals surface area contributed by atoms with Gasteiger partial charge in [0.1, 0.15) is 17.5 Å². The Balaban J connectivity index is 0.562. The quantitative estimate of drug-likeness (QED) is 0.0914. The molecule has 12 heteroatoms. The Morgan fingerprint density at radius 3 is 1.48 bits per heavy atom. The van der Waals surface area contributed by atoms with E-state index in [2.05, 4.69) is 107 Å². The van der Waals surface area contributed by atoms with Crippen molar-refractivity contribution in [2.45, 2.75) is 253 Å². The highest BCUT2D eigenvalue weighted by molar-refractivity contribution is 5.78. The van der Waals surface area contributed by atoms with E-state index in [1.165, 1.54) is 279 Å². The first kappa shape index (κ1) is 61.0. The van der Waals surface area contributed by atoms with Crippen LogP contribution in [-0.2, 0) is 11.1 Å². The summed E-state index contributed by atoms with van der Waals surface area (Å²) in [6, 6.07) is 29.0. The number of piperidine rings is 4. The zero-order valence-electron chi connectivity index (χ0n) is 54.9. The Morgan fingerprint density at radius 1 is 0.404 bits per heavy atom. The normalized spacial score (nSPS) is 31.3. The van der Waals surface area contributed by atoms with Crippen LogP contribution in [0, 0.1) is 35.5 Å². The average Bonchev–Trinajstić information content (AvgIpc) is 1.91. The molecule has 6 atom stereocenters. The zero-order valence-corrected chi connectivity index (χ0v) is 54.9. The summed E-state index contributed by atoms with van der Waals surface area (Å²) in [4.78, 5) is 25.0. The largest absolute Gasteiger partial charge is 0.325 e. The van der Waals surface area contributed by atoms with Gasteiger partial charge in [-0.3, -0.25) is 0 Å². The lowest BCUT2D eigenvalue weighted by atomic mass is 9.67. The average molecular weight is 1210 g/mol. The third-order valence-corrected chi connectivity index (χ3v) is 25.9. The summed E-state index contributed by atoms with van der Waals surface area (Å²) < 4.78 is 8.10. The number of para-hydroxylation sites is 6. The molecule has 482 valence electrons. The minimum Gasteiger partial charge on any atom is -0.325 e. The van der Waals surface area contributed by atoms with Crippen molar-refractivity contribution in [2.75, 3.05) is 65.4 Å². The van der Waals surface area contributed by atoms with Gasteiger partial charge in [-0.2, -0.15) is 0 Å². The Labute approximate surface area is 534 Å². The molecular weight excluding hydrogens is 1090 g/mol. The van der Waals surface area contributed by atoms with Gasteiger partial charge in [0, 0.05) is 89.0 Å². The number of nitrogens with one attached hydrogen (secondary N) is 1. The van der Waals surface area contributed by atoms with Gasteiger partial charge in [0.2, 0.25) is 0 Å². The number of nitrogens with two attached hydrogens (primary N) is 2. The van der Waals surface area contributed by atoms with Crippen molar-refractivity contribution in [3.8, 4) is 0 Å². The molecule has 89 heavy (non-hydrogen) atoms. The van der Waals surface area contributed by atoms with Gasteiger partial charge in [-0.05, 0) is 213 Å². The molecule has 0 radical (unpaired) electrons. The lowest BCUT2D eigenvalue weighted by Gasteiger charge is -2.44. The van der Waals surface area contributed by atoms with Crippen molar-refractivity contribution in [2.24, 2.45) is 47.0 Å². The molecule has 3 aromatic heterocycles. The van der Waals surface area contributed by atoms with Gasteiger partial charge in [-0.15, -0.1) is 0 Å². The van der Waals surface area contributed by atoms with Crippen LogP contribution in [0.3, 0.4) is 0 Å². The number of hydrogen-bond acceptors (Lipinski definition) is 9. The van der Waals surface area contributed by atoms with Gasteiger partial charge in [0.05, 0.1) is 44.2 Å². The van der Waals surface area contributed by atoms with Crippen LogP contribution in [0.15, 0.2) is 72.8 Å². The van der Waals surface area contributed by atoms with Crippen LogP contribution in [0.2, 0.25) is 0 Å². The molecule has 0 spiro atoms. The van der Waals surface area contributed by atoms with Gasteiger partial charge < -0.3 is 45.2 Å². The maximum atomic E-state index is 7.86. The fourth-order valence-corrected chi connectivity index (χ4v) is 21.0. The Bertz CT molecular complexity index is 3240. The molecule has 7 heterocycles. The molecule has 4 aliphatic heterocycles. The van der Waals surface area contributed by atoms with Gasteiger partial charge in [-0.1, -0.05) is 113 Å². The van der Waals surface area contributed by atoms with E-state index >= 15 is 0 Å². The number of likely N-dealkylation sites (tertiary alicyclic amines) is 3. The molecule has 9 aliphatic rings. The molecule has 5 N–H and O–H groups in total. The Hall–Kier alpha value is -4.17. The Morgan fingerprint density at radius 2 is 0.865 bits per heavy atom. The van der Waals surface area contributed by atoms with Crippen molar-refractivity contribution >= 4 is 33.1 Å². The number of benzene rings is 3. The maximum Gasteiger partial charge on any atom is 0.130 e. The van der Waals surface area contributed by atoms with E-state index in [1.807, 2.05) is 0 Å². The summed E-state index contributed by atoms with van der Waals surface area (Å²) in [5.74, 6) is 9.05. The highest BCUT2D eigenvalue weighted by Crippen LogP contribution is 2.49. The molecule has 12 nitrogen and oxygen atoms in total. The molecule has 6 unspecified atom stereocenters. The molecular formula is C77H114N12. The summed E-state index contributed by atoms with van der Waals surface area (Å²) in [6.07, 6.45) is 42.8. The third kappa shape index (κ3) is 13.1. The smallest absolute Gasteiger partial charge is 0.130 e. The second-order valence-electron chi connectivity index (χ2n) is 31.6. The molecule has 0 bridgehead atoms. The second-order valence-corrected chi connectivity index (χ2v) is 31.6. The first-order chi connectivity index (χ1) is 43.8. The van der Waals surface area contributed by atoms with E-state index in [4.69, 9.17) is 26.4 Å². The number of nitrogens with zero attached hydrogens (tertiary/aromatic N) is 9. The molecule has 9 fully saturated rings. The molecule has 5 saturated carbocycles. The van der Waals surface area contributed by atoms with Gasteiger partial charge >= 0.3 is 0 Å². The first-order valence-electron chi connectivity index (χ1n) is 37.7. The van der Waals surface area contributed by atoms with Crippen LogP contribution < -0.4 is 16.8 Å². The fourth-order valence-electron chi connectivity index (χ4n) is 21.0. The van der Waals surface area contributed by atoms with E-state index in [9.17, 15) is 0 Å². The monoisotopic (exact) mass is 1210 g/mol. The van der Waals surface area contributed by atoms with Crippen LogP contribution in [-0.4, -0.2) is 115 Å². The number of imidazole rings is 3. The molecule has 4 saturated heterocycles. The number of aromatic nitrogens is 6. The van der Waals surface area contributed by atoms with Crippen molar-refractivity contribution < 1.29 is 0 Å². The third-order valence-electron chi connectivity index (χ3n) is 25.9. The van der Waals surface area contributed by atoms with Crippen molar-refractivity contribution in [1.82, 2.24) is 48.7 Å². The maximum absolute atomic E-state index is 7.86. The summed E-state index contributed by atoms with van der Waals surface area (Å²) in [7, 11) is 0. The van der Waals surface area contributed by atoms with Crippen molar-refractivity contribution in [3.63, 3.8) is 0 Å². The summed E-state index contributed by atoms with van der Waals surface area (Å²) in [5.41, 5.74) is 21.8. The topological polar surface area (TPSA) is 127 Å². The van der Waals surface area contributed by atoms with E-state index in [0.29, 0.717) is 30.1 Å². The van der Waals surface area contributed by atoms with E-state index in [1.54, 1.807) is 0 Å². The van der Waals surface area contributed by atoms with Crippen LogP contribution in [0.4, 0.5) is 0 Å². The van der Waals surface area contributed by atoms with Crippen LogP contribution in [0.25, 0.3) is 33.1 Å². The molecule has 15 rings (SSSR count). The molecule has 0 amide bonds. The number of hydrogen-bond donors (Lipinski definition) is 3. The van der Waals surface area contributed by atoms with Crippen LogP contribution >= 0.6 is 0 Å². The van der Waals surface area contributed by atoms with Crippen LogP contribution in [0.1, 0.15) is 253 Å². The fraction of sp³-hybridized carbons (Fsp3) is 0.727. The van der Waals surface area contributed by atoms with E-state index in [0.717, 1.165) is 84.6 Å². The minimum atomic E-state index is -0.384. The minimum absolute atomic E-state index is 0.289. The lowest BCUT2D eigenvalue weighted by molar-refractivity contribution is 0.0843. The van der Waals surface area contributed by atoms with Gasteiger partial charge in [-0.25, -0.2) is 15.0 Å². The second kappa shape index (κ2) is 27.4. The van der Waals surface area contributed by atoms with Crippen molar-refractivity contribution in [1.29, 1.82) is 0 Å².